The number of hydrogen-bond donors (Lipinski definition) is 1. The second kappa shape index (κ2) is 5.86. The summed E-state index contributed by atoms with van der Waals surface area (Å²) in [6.07, 6.45) is 0.571. The van der Waals surface area contributed by atoms with Crippen LogP contribution in [-0.2, 0) is 4.79 Å². The third kappa shape index (κ3) is 3.33. The zero-order valence-electron chi connectivity index (χ0n) is 11.3. The van der Waals surface area contributed by atoms with Crippen molar-refractivity contribution in [1.29, 1.82) is 0 Å². The first-order chi connectivity index (χ1) is 9.88. The molecular weight excluding hydrogens is 281 g/mol. The number of nitro benzene ring substituents is 1. The maximum absolute atomic E-state index is 13.7. The van der Waals surface area contributed by atoms with E-state index < -0.39 is 16.6 Å². The lowest BCUT2D eigenvalue weighted by Crippen LogP contribution is -2.37. The van der Waals surface area contributed by atoms with Gasteiger partial charge in [0.15, 0.2) is 0 Å². The van der Waals surface area contributed by atoms with E-state index in [1.54, 1.807) is 0 Å². The van der Waals surface area contributed by atoms with Gasteiger partial charge in [0.25, 0.3) is 11.6 Å². The molecule has 1 atom stereocenters. The molecule has 1 fully saturated rings. The number of carbonyl (C=O) groups excluding carboxylic acids is 2. The van der Waals surface area contributed by atoms with Crippen LogP contribution < -0.4 is 5.32 Å². The van der Waals surface area contributed by atoms with Gasteiger partial charge >= 0.3 is 0 Å². The van der Waals surface area contributed by atoms with Gasteiger partial charge in [-0.2, -0.15) is 0 Å². The van der Waals surface area contributed by atoms with Crippen LogP contribution >= 0.6 is 0 Å². The number of non-ortho nitro benzene ring substituents is 1. The molecule has 1 aromatic rings. The van der Waals surface area contributed by atoms with Crippen LogP contribution in [0.15, 0.2) is 18.2 Å². The maximum Gasteiger partial charge on any atom is 0.270 e. The van der Waals surface area contributed by atoms with Crippen molar-refractivity contribution in [2.24, 2.45) is 0 Å². The summed E-state index contributed by atoms with van der Waals surface area (Å²) in [6, 6.07) is 2.68. The van der Waals surface area contributed by atoms with Crippen molar-refractivity contribution in [3.8, 4) is 0 Å². The second-order valence-corrected chi connectivity index (χ2v) is 4.86. The molecule has 0 radical (unpaired) electrons. The molecule has 1 aliphatic rings. The van der Waals surface area contributed by atoms with Gasteiger partial charge in [0.1, 0.15) is 5.82 Å². The molecule has 2 rings (SSSR count). The van der Waals surface area contributed by atoms with Gasteiger partial charge in [-0.15, -0.1) is 0 Å². The number of nitrogens with zero attached hydrogens (tertiary/aromatic N) is 2. The van der Waals surface area contributed by atoms with Crippen molar-refractivity contribution in [3.63, 3.8) is 0 Å². The fourth-order valence-electron chi connectivity index (χ4n) is 2.31. The molecule has 0 aromatic heterocycles. The molecule has 0 aliphatic carbocycles. The number of halogens is 1. The monoisotopic (exact) mass is 295 g/mol. The van der Waals surface area contributed by atoms with Gasteiger partial charge < -0.3 is 10.2 Å². The molecule has 1 aliphatic heterocycles. The highest BCUT2D eigenvalue weighted by molar-refractivity contribution is 5.95. The van der Waals surface area contributed by atoms with Gasteiger partial charge in [0.2, 0.25) is 5.91 Å². The smallest absolute Gasteiger partial charge is 0.270 e. The second-order valence-electron chi connectivity index (χ2n) is 4.86. The summed E-state index contributed by atoms with van der Waals surface area (Å²) in [4.78, 5) is 34.6. The fourth-order valence-corrected chi connectivity index (χ4v) is 2.31. The quantitative estimate of drug-likeness (QED) is 0.667. The molecule has 7 nitrogen and oxygen atoms in total. The van der Waals surface area contributed by atoms with E-state index in [-0.39, 0.29) is 29.7 Å². The molecule has 112 valence electrons. The van der Waals surface area contributed by atoms with E-state index >= 15 is 0 Å². The van der Waals surface area contributed by atoms with E-state index in [0.717, 1.165) is 18.2 Å². The highest BCUT2D eigenvalue weighted by Gasteiger charge is 2.29. The number of likely N-dealkylation sites (tertiary alicyclic amines) is 1. The predicted molar refractivity (Wildman–Crippen MR) is 71.2 cm³/mol. The van der Waals surface area contributed by atoms with E-state index in [1.165, 1.54) is 11.8 Å². The first-order valence-electron chi connectivity index (χ1n) is 6.39. The molecule has 0 bridgehead atoms. The SMILES string of the molecule is CC(=O)NC1CCN(C(=O)c2cc([N+](=O)[O-])ccc2F)C1. The Hall–Kier alpha value is -2.51. The minimum absolute atomic E-state index is 0.173. The fraction of sp³-hybridized carbons (Fsp3) is 0.385. The average molecular weight is 295 g/mol. The molecule has 21 heavy (non-hydrogen) atoms. The van der Waals surface area contributed by atoms with Crippen LogP contribution in [-0.4, -0.2) is 40.8 Å². The van der Waals surface area contributed by atoms with Gasteiger partial charge in [-0.05, 0) is 12.5 Å². The molecule has 2 amide bonds. The van der Waals surface area contributed by atoms with E-state index in [9.17, 15) is 24.1 Å². The largest absolute Gasteiger partial charge is 0.352 e. The van der Waals surface area contributed by atoms with Crippen LogP contribution in [0.1, 0.15) is 23.7 Å². The van der Waals surface area contributed by atoms with Gasteiger partial charge in [-0.3, -0.25) is 19.7 Å². The van der Waals surface area contributed by atoms with Gasteiger partial charge in [0, 0.05) is 38.2 Å². The summed E-state index contributed by atoms with van der Waals surface area (Å²) < 4.78 is 13.7. The Morgan fingerprint density at radius 1 is 1.48 bits per heavy atom. The van der Waals surface area contributed by atoms with Crippen LogP contribution in [0.2, 0.25) is 0 Å². The number of amides is 2. The van der Waals surface area contributed by atoms with E-state index in [2.05, 4.69) is 5.32 Å². The molecule has 1 N–H and O–H groups in total. The maximum atomic E-state index is 13.7. The standard InChI is InChI=1S/C13H14FN3O4/c1-8(18)15-9-4-5-16(7-9)13(19)11-6-10(17(20)21)2-3-12(11)14/h2-3,6,9H,4-5,7H2,1H3,(H,15,18). The Morgan fingerprint density at radius 2 is 2.19 bits per heavy atom. The molecule has 1 unspecified atom stereocenters. The van der Waals surface area contributed by atoms with Gasteiger partial charge in [-0.1, -0.05) is 0 Å². The molecule has 1 heterocycles. The lowest BCUT2D eigenvalue weighted by Gasteiger charge is -2.17. The van der Waals surface area contributed by atoms with Crippen molar-refractivity contribution in [1.82, 2.24) is 10.2 Å². The third-order valence-electron chi connectivity index (χ3n) is 3.27. The first kappa shape index (κ1) is 14.9. The van der Waals surface area contributed by atoms with Crippen molar-refractivity contribution in [2.45, 2.75) is 19.4 Å². The minimum Gasteiger partial charge on any atom is -0.352 e. The third-order valence-corrected chi connectivity index (χ3v) is 3.27. The molecule has 0 spiro atoms. The number of nitrogens with one attached hydrogen (secondary N) is 1. The van der Waals surface area contributed by atoms with Crippen LogP contribution in [0.3, 0.4) is 0 Å². The summed E-state index contributed by atoms with van der Waals surface area (Å²) in [7, 11) is 0. The summed E-state index contributed by atoms with van der Waals surface area (Å²) in [5.41, 5.74) is -0.662. The highest BCUT2D eigenvalue weighted by Crippen LogP contribution is 2.20. The summed E-state index contributed by atoms with van der Waals surface area (Å²) in [5, 5.41) is 13.4. The normalized spacial score (nSPS) is 17.6. The molecule has 1 saturated heterocycles. The molecule has 0 saturated carbocycles. The van der Waals surface area contributed by atoms with E-state index in [4.69, 9.17) is 0 Å². The number of nitro groups is 1. The van der Waals surface area contributed by atoms with Crippen molar-refractivity contribution < 1.29 is 18.9 Å². The van der Waals surface area contributed by atoms with Crippen molar-refractivity contribution in [3.05, 3.63) is 39.7 Å². The van der Waals surface area contributed by atoms with Crippen LogP contribution in [0.4, 0.5) is 10.1 Å². The Morgan fingerprint density at radius 3 is 2.81 bits per heavy atom. The zero-order chi connectivity index (χ0) is 15.6. The Balaban J connectivity index is 2.15. The molecular formula is C13H14FN3O4. The van der Waals surface area contributed by atoms with Crippen molar-refractivity contribution >= 4 is 17.5 Å². The average Bonchev–Trinajstić information content (AvgIpc) is 2.85. The summed E-state index contributed by atoms with van der Waals surface area (Å²) >= 11 is 0. The number of benzene rings is 1. The molecule has 1 aromatic carbocycles. The Bertz CT molecular complexity index is 605. The first-order valence-corrected chi connectivity index (χ1v) is 6.39. The van der Waals surface area contributed by atoms with E-state index in [0.29, 0.717) is 13.0 Å². The van der Waals surface area contributed by atoms with Crippen molar-refractivity contribution in [2.75, 3.05) is 13.1 Å². The van der Waals surface area contributed by atoms with Crippen LogP contribution in [0.25, 0.3) is 0 Å². The Kier molecular flexibility index (Phi) is 4.15. The van der Waals surface area contributed by atoms with Gasteiger partial charge in [0.05, 0.1) is 10.5 Å². The highest BCUT2D eigenvalue weighted by atomic mass is 19.1. The Labute approximate surface area is 119 Å². The number of hydrogen-bond acceptors (Lipinski definition) is 4. The summed E-state index contributed by atoms with van der Waals surface area (Å²) in [6.45, 7) is 2.01. The zero-order valence-corrected chi connectivity index (χ0v) is 11.3. The molecule has 8 heteroatoms. The predicted octanol–water partition coefficient (Wildman–Crippen LogP) is 1.08. The van der Waals surface area contributed by atoms with Crippen LogP contribution in [0, 0.1) is 15.9 Å². The number of carbonyl (C=O) groups is 2. The van der Waals surface area contributed by atoms with Crippen LogP contribution in [0.5, 0.6) is 0 Å². The number of rotatable bonds is 3. The lowest BCUT2D eigenvalue weighted by atomic mass is 10.1. The van der Waals surface area contributed by atoms with Gasteiger partial charge in [-0.25, -0.2) is 4.39 Å². The lowest BCUT2D eigenvalue weighted by molar-refractivity contribution is -0.384. The van der Waals surface area contributed by atoms with E-state index in [1.807, 2.05) is 0 Å². The minimum atomic E-state index is -0.798. The topological polar surface area (TPSA) is 92.6 Å². The summed E-state index contributed by atoms with van der Waals surface area (Å²) in [5.74, 6) is -1.60.